The van der Waals surface area contributed by atoms with Gasteiger partial charge in [-0.15, -0.1) is 11.3 Å². The van der Waals surface area contributed by atoms with Crippen LogP contribution in [0.25, 0.3) is 0 Å². The van der Waals surface area contributed by atoms with E-state index in [1.54, 1.807) is 11.9 Å². The van der Waals surface area contributed by atoms with Crippen molar-refractivity contribution in [2.75, 3.05) is 7.05 Å². The van der Waals surface area contributed by atoms with E-state index in [2.05, 4.69) is 15.9 Å². The van der Waals surface area contributed by atoms with E-state index < -0.39 is 0 Å². The standard InChI is InChI=1S/C10H13BrN2OS2/c1-6(5-8(12)15)13(2)10(14)9-7(11)3-4-16-9/h3-4,6H,5H2,1-2H3,(H2,12,15). The van der Waals surface area contributed by atoms with Crippen LogP contribution in [-0.4, -0.2) is 28.9 Å². The number of carbonyl (C=O) groups excluding carboxylic acids is 1. The molecule has 0 fully saturated rings. The fraction of sp³-hybridized carbons (Fsp3) is 0.400. The highest BCUT2D eigenvalue weighted by Gasteiger charge is 2.20. The maximum atomic E-state index is 12.1. The van der Waals surface area contributed by atoms with Crippen molar-refractivity contribution in [3.05, 3.63) is 20.8 Å². The lowest BCUT2D eigenvalue weighted by Crippen LogP contribution is -2.37. The molecule has 0 radical (unpaired) electrons. The first-order valence-electron chi connectivity index (χ1n) is 4.72. The van der Waals surface area contributed by atoms with Crippen LogP contribution in [0.3, 0.4) is 0 Å². The van der Waals surface area contributed by atoms with Gasteiger partial charge in [-0.05, 0) is 34.3 Å². The first kappa shape index (κ1) is 13.6. The summed E-state index contributed by atoms with van der Waals surface area (Å²) in [5.74, 6) is -0.00868. The van der Waals surface area contributed by atoms with Crippen molar-refractivity contribution in [3.8, 4) is 0 Å². The topological polar surface area (TPSA) is 46.3 Å². The Balaban J connectivity index is 2.75. The van der Waals surface area contributed by atoms with Gasteiger partial charge in [0.05, 0.1) is 4.99 Å². The summed E-state index contributed by atoms with van der Waals surface area (Å²) in [5, 5.41) is 1.88. The van der Waals surface area contributed by atoms with E-state index in [1.165, 1.54) is 11.3 Å². The normalized spacial score (nSPS) is 12.2. The zero-order chi connectivity index (χ0) is 12.3. The molecule has 1 atom stereocenters. The van der Waals surface area contributed by atoms with Gasteiger partial charge in [0.2, 0.25) is 0 Å². The summed E-state index contributed by atoms with van der Waals surface area (Å²) in [5.41, 5.74) is 5.47. The molecular formula is C10H13BrN2OS2. The van der Waals surface area contributed by atoms with E-state index in [1.807, 2.05) is 18.4 Å². The monoisotopic (exact) mass is 320 g/mol. The van der Waals surface area contributed by atoms with E-state index >= 15 is 0 Å². The molecule has 1 unspecified atom stereocenters. The molecule has 0 aromatic carbocycles. The van der Waals surface area contributed by atoms with Gasteiger partial charge in [0, 0.05) is 24.0 Å². The fourth-order valence-electron chi connectivity index (χ4n) is 1.23. The molecule has 3 nitrogen and oxygen atoms in total. The second kappa shape index (κ2) is 5.75. The number of nitrogens with zero attached hydrogens (tertiary/aromatic N) is 1. The van der Waals surface area contributed by atoms with Gasteiger partial charge >= 0.3 is 0 Å². The van der Waals surface area contributed by atoms with Gasteiger partial charge in [0.1, 0.15) is 4.88 Å². The first-order valence-corrected chi connectivity index (χ1v) is 6.80. The number of amides is 1. The van der Waals surface area contributed by atoms with Gasteiger partial charge in [-0.1, -0.05) is 12.2 Å². The number of halogens is 1. The Morgan fingerprint density at radius 3 is 2.81 bits per heavy atom. The first-order chi connectivity index (χ1) is 7.43. The van der Waals surface area contributed by atoms with Crippen LogP contribution in [0.1, 0.15) is 23.0 Å². The minimum Gasteiger partial charge on any atom is -0.393 e. The Labute approximate surface area is 113 Å². The Bertz CT molecular complexity index is 405. The number of nitrogens with two attached hydrogens (primary N) is 1. The Hall–Kier alpha value is -0.460. The zero-order valence-corrected chi connectivity index (χ0v) is 12.3. The molecule has 0 bridgehead atoms. The van der Waals surface area contributed by atoms with Crippen LogP contribution in [0.5, 0.6) is 0 Å². The van der Waals surface area contributed by atoms with E-state index in [9.17, 15) is 4.79 Å². The van der Waals surface area contributed by atoms with Crippen LogP contribution in [0, 0.1) is 0 Å². The van der Waals surface area contributed by atoms with Crippen molar-refractivity contribution in [3.63, 3.8) is 0 Å². The molecule has 1 rings (SSSR count). The number of hydrogen-bond donors (Lipinski definition) is 1. The summed E-state index contributed by atoms with van der Waals surface area (Å²) in [7, 11) is 1.76. The predicted molar refractivity (Wildman–Crippen MR) is 75.0 cm³/mol. The highest BCUT2D eigenvalue weighted by atomic mass is 79.9. The van der Waals surface area contributed by atoms with Crippen molar-refractivity contribution in [1.29, 1.82) is 0 Å². The SMILES string of the molecule is CC(CC(N)=S)N(C)C(=O)c1sccc1Br. The van der Waals surface area contributed by atoms with Crippen LogP contribution < -0.4 is 5.73 Å². The minimum absolute atomic E-state index is 0.00868. The quantitative estimate of drug-likeness (QED) is 0.867. The number of rotatable bonds is 4. The fourth-order valence-corrected chi connectivity index (χ4v) is 3.00. The molecule has 0 aliphatic heterocycles. The van der Waals surface area contributed by atoms with Gasteiger partial charge in [-0.25, -0.2) is 0 Å². The molecule has 0 saturated heterocycles. The Morgan fingerprint density at radius 2 is 2.38 bits per heavy atom. The number of thiocarbonyl (C=S) groups is 1. The highest BCUT2D eigenvalue weighted by Crippen LogP contribution is 2.24. The third-order valence-electron chi connectivity index (χ3n) is 2.29. The minimum atomic E-state index is -0.00868. The number of thiophene rings is 1. The summed E-state index contributed by atoms with van der Waals surface area (Å²) in [6.07, 6.45) is 0.542. The van der Waals surface area contributed by atoms with E-state index in [0.717, 1.165) is 4.47 Å². The van der Waals surface area contributed by atoms with Crippen LogP contribution in [0.2, 0.25) is 0 Å². The maximum Gasteiger partial charge on any atom is 0.265 e. The molecule has 0 aliphatic carbocycles. The maximum absolute atomic E-state index is 12.1. The summed E-state index contributed by atoms with van der Waals surface area (Å²) in [6.45, 7) is 1.93. The highest BCUT2D eigenvalue weighted by molar-refractivity contribution is 9.10. The molecule has 88 valence electrons. The van der Waals surface area contributed by atoms with Crippen LogP contribution in [0.15, 0.2) is 15.9 Å². The van der Waals surface area contributed by atoms with Crippen molar-refractivity contribution in [1.82, 2.24) is 4.90 Å². The molecule has 1 heterocycles. The molecule has 1 amide bonds. The smallest absolute Gasteiger partial charge is 0.265 e. The second-order valence-electron chi connectivity index (χ2n) is 3.53. The molecule has 1 aromatic heterocycles. The van der Waals surface area contributed by atoms with Gasteiger partial charge in [0.25, 0.3) is 5.91 Å². The van der Waals surface area contributed by atoms with Crippen LogP contribution in [0.4, 0.5) is 0 Å². The van der Waals surface area contributed by atoms with E-state index in [4.69, 9.17) is 18.0 Å². The lowest BCUT2D eigenvalue weighted by molar-refractivity contribution is 0.0752. The number of hydrogen-bond acceptors (Lipinski definition) is 3. The summed E-state index contributed by atoms with van der Waals surface area (Å²) >= 11 is 9.60. The van der Waals surface area contributed by atoms with Crippen molar-refractivity contribution in [2.45, 2.75) is 19.4 Å². The van der Waals surface area contributed by atoms with Gasteiger partial charge in [-0.3, -0.25) is 4.79 Å². The van der Waals surface area contributed by atoms with Crippen LogP contribution >= 0.6 is 39.5 Å². The summed E-state index contributed by atoms with van der Waals surface area (Å²) in [4.78, 5) is 14.9. The summed E-state index contributed by atoms with van der Waals surface area (Å²) < 4.78 is 0.830. The van der Waals surface area contributed by atoms with Crippen molar-refractivity contribution in [2.24, 2.45) is 5.73 Å². The third-order valence-corrected chi connectivity index (χ3v) is 4.28. The Kier molecular flexibility index (Phi) is 4.89. The molecule has 0 spiro atoms. The van der Waals surface area contributed by atoms with Crippen LogP contribution in [-0.2, 0) is 0 Å². The predicted octanol–water partition coefficient (Wildman–Crippen LogP) is 2.65. The van der Waals surface area contributed by atoms with Gasteiger partial charge in [-0.2, -0.15) is 0 Å². The van der Waals surface area contributed by atoms with Gasteiger partial charge < -0.3 is 10.6 Å². The third kappa shape index (κ3) is 3.26. The van der Waals surface area contributed by atoms with Gasteiger partial charge in [0.15, 0.2) is 0 Å². The van der Waals surface area contributed by atoms with Crippen molar-refractivity contribution >= 4 is 50.4 Å². The second-order valence-corrected chi connectivity index (χ2v) is 5.83. The number of carbonyl (C=O) groups is 1. The molecule has 2 N–H and O–H groups in total. The largest absolute Gasteiger partial charge is 0.393 e. The average molecular weight is 321 g/mol. The lowest BCUT2D eigenvalue weighted by atomic mass is 10.2. The molecular weight excluding hydrogens is 308 g/mol. The molecule has 1 aromatic rings. The molecule has 0 saturated carbocycles. The average Bonchev–Trinajstić information content (AvgIpc) is 2.61. The molecule has 0 aliphatic rings. The van der Waals surface area contributed by atoms with E-state index in [-0.39, 0.29) is 11.9 Å². The van der Waals surface area contributed by atoms with E-state index in [0.29, 0.717) is 16.3 Å². The van der Waals surface area contributed by atoms with Crippen molar-refractivity contribution < 1.29 is 4.79 Å². The molecule has 16 heavy (non-hydrogen) atoms. The molecule has 6 heteroatoms. The zero-order valence-electron chi connectivity index (χ0n) is 9.07. The Morgan fingerprint density at radius 1 is 1.75 bits per heavy atom. The lowest BCUT2D eigenvalue weighted by Gasteiger charge is -2.24. The summed E-state index contributed by atoms with van der Waals surface area (Å²) in [6, 6.07) is 1.88.